The van der Waals surface area contributed by atoms with Crippen LogP contribution in [0.3, 0.4) is 0 Å². The van der Waals surface area contributed by atoms with Crippen LogP contribution in [0.1, 0.15) is 37.4 Å². The van der Waals surface area contributed by atoms with E-state index in [1.165, 1.54) is 12.8 Å². The van der Waals surface area contributed by atoms with Gasteiger partial charge in [-0.1, -0.05) is 30.3 Å². The number of hydrogen-bond donors (Lipinski definition) is 2. The Kier molecular flexibility index (Phi) is 4.56. The number of carbonyl (C=O) groups is 1. The summed E-state index contributed by atoms with van der Waals surface area (Å²) in [5.74, 6) is 0.532. The van der Waals surface area contributed by atoms with E-state index in [1.807, 2.05) is 23.1 Å². The van der Waals surface area contributed by atoms with Gasteiger partial charge in [0.15, 0.2) is 6.10 Å². The fraction of sp³-hybridized carbons (Fsp3) is 0.588. The molecule has 4 heteroatoms. The monoisotopic (exact) mass is 288 g/mol. The molecular formula is C17H24N2O2. The Balaban J connectivity index is 1.55. The van der Waals surface area contributed by atoms with E-state index in [4.69, 9.17) is 0 Å². The van der Waals surface area contributed by atoms with Crippen molar-refractivity contribution in [3.05, 3.63) is 35.9 Å². The number of hydrogen-bond acceptors (Lipinski definition) is 3. The van der Waals surface area contributed by atoms with Crippen LogP contribution in [0.5, 0.6) is 0 Å². The maximum absolute atomic E-state index is 12.4. The van der Waals surface area contributed by atoms with Gasteiger partial charge in [-0.2, -0.15) is 0 Å². The summed E-state index contributed by atoms with van der Waals surface area (Å²) in [6.07, 6.45) is 3.62. The molecule has 114 valence electrons. The van der Waals surface area contributed by atoms with E-state index >= 15 is 0 Å². The third kappa shape index (κ3) is 3.27. The van der Waals surface area contributed by atoms with Crippen LogP contribution >= 0.6 is 0 Å². The number of rotatable bonds is 3. The molecule has 2 aliphatic heterocycles. The van der Waals surface area contributed by atoms with Gasteiger partial charge >= 0.3 is 0 Å². The average molecular weight is 288 g/mol. The fourth-order valence-electron chi connectivity index (χ4n) is 3.59. The molecule has 2 saturated heterocycles. The van der Waals surface area contributed by atoms with Gasteiger partial charge in [-0.05, 0) is 43.7 Å². The van der Waals surface area contributed by atoms with Crippen molar-refractivity contribution in [1.82, 2.24) is 10.2 Å². The summed E-state index contributed by atoms with van der Waals surface area (Å²) in [5.41, 5.74) is 0.682. The second-order valence-electron chi connectivity index (χ2n) is 6.18. The molecule has 21 heavy (non-hydrogen) atoms. The molecule has 0 aromatic heterocycles. The molecule has 0 bridgehead atoms. The molecule has 2 fully saturated rings. The van der Waals surface area contributed by atoms with Crippen molar-refractivity contribution in [3.63, 3.8) is 0 Å². The second-order valence-corrected chi connectivity index (χ2v) is 6.18. The summed E-state index contributed by atoms with van der Waals surface area (Å²) in [6, 6.07) is 9.84. The van der Waals surface area contributed by atoms with Crippen molar-refractivity contribution in [3.8, 4) is 0 Å². The lowest BCUT2D eigenvalue weighted by molar-refractivity contribution is -0.142. The van der Waals surface area contributed by atoms with Crippen molar-refractivity contribution < 1.29 is 9.90 Å². The molecule has 1 aromatic carbocycles. The normalized spacial score (nSPS) is 25.0. The highest BCUT2D eigenvalue weighted by atomic mass is 16.3. The lowest BCUT2D eigenvalue weighted by Crippen LogP contribution is -2.44. The van der Waals surface area contributed by atoms with Gasteiger partial charge in [0.1, 0.15) is 0 Å². The van der Waals surface area contributed by atoms with E-state index < -0.39 is 6.10 Å². The Morgan fingerprint density at radius 1 is 1.19 bits per heavy atom. The molecule has 0 radical (unpaired) electrons. The van der Waals surface area contributed by atoms with E-state index in [0.29, 0.717) is 17.5 Å². The van der Waals surface area contributed by atoms with Gasteiger partial charge < -0.3 is 15.3 Å². The summed E-state index contributed by atoms with van der Waals surface area (Å²) >= 11 is 0. The first-order chi connectivity index (χ1) is 10.3. The first-order valence-corrected chi connectivity index (χ1v) is 8.01. The van der Waals surface area contributed by atoms with E-state index in [1.54, 1.807) is 12.1 Å². The fourth-order valence-corrected chi connectivity index (χ4v) is 3.59. The first kappa shape index (κ1) is 14.5. The van der Waals surface area contributed by atoms with Crippen LogP contribution in [0.2, 0.25) is 0 Å². The average Bonchev–Trinajstić information content (AvgIpc) is 3.09. The molecule has 1 amide bonds. The largest absolute Gasteiger partial charge is 0.378 e. The molecule has 0 spiro atoms. The zero-order valence-corrected chi connectivity index (χ0v) is 12.4. The zero-order chi connectivity index (χ0) is 14.7. The van der Waals surface area contributed by atoms with Gasteiger partial charge in [-0.25, -0.2) is 0 Å². The standard InChI is InChI=1S/C17H24N2O2/c20-16(14-5-2-1-3-6-14)17(21)19-11-8-13(9-12-19)15-7-4-10-18-15/h1-3,5-6,13,15-16,18,20H,4,7-12H2. The van der Waals surface area contributed by atoms with Gasteiger partial charge in [-0.3, -0.25) is 4.79 Å². The Labute approximate surface area is 126 Å². The van der Waals surface area contributed by atoms with Crippen molar-refractivity contribution >= 4 is 5.91 Å². The number of carbonyl (C=O) groups excluding carboxylic acids is 1. The first-order valence-electron chi connectivity index (χ1n) is 8.01. The molecule has 0 saturated carbocycles. The van der Waals surface area contributed by atoms with Crippen LogP contribution in [-0.2, 0) is 4.79 Å². The Morgan fingerprint density at radius 3 is 2.52 bits per heavy atom. The quantitative estimate of drug-likeness (QED) is 0.890. The van der Waals surface area contributed by atoms with Gasteiger partial charge in [-0.15, -0.1) is 0 Å². The minimum atomic E-state index is -1.02. The predicted molar refractivity (Wildman–Crippen MR) is 81.7 cm³/mol. The third-order valence-electron chi connectivity index (χ3n) is 4.87. The number of piperidine rings is 1. The van der Waals surface area contributed by atoms with Crippen LogP contribution in [0.25, 0.3) is 0 Å². The van der Waals surface area contributed by atoms with E-state index in [2.05, 4.69) is 5.32 Å². The molecule has 3 rings (SSSR count). The van der Waals surface area contributed by atoms with E-state index in [0.717, 1.165) is 32.5 Å². The summed E-state index contributed by atoms with van der Waals surface area (Å²) < 4.78 is 0. The third-order valence-corrected chi connectivity index (χ3v) is 4.87. The highest BCUT2D eigenvalue weighted by Crippen LogP contribution is 2.27. The Bertz CT molecular complexity index is 463. The van der Waals surface area contributed by atoms with Gasteiger partial charge in [0, 0.05) is 19.1 Å². The van der Waals surface area contributed by atoms with Gasteiger partial charge in [0.05, 0.1) is 0 Å². The van der Waals surface area contributed by atoms with Crippen LogP contribution < -0.4 is 5.32 Å². The molecule has 2 atom stereocenters. The minimum absolute atomic E-state index is 0.154. The Hall–Kier alpha value is -1.39. The van der Waals surface area contributed by atoms with Crippen LogP contribution in [0, 0.1) is 5.92 Å². The minimum Gasteiger partial charge on any atom is -0.378 e. The lowest BCUT2D eigenvalue weighted by Gasteiger charge is -2.35. The maximum atomic E-state index is 12.4. The number of aliphatic hydroxyl groups excluding tert-OH is 1. The number of likely N-dealkylation sites (tertiary alicyclic amines) is 1. The van der Waals surface area contributed by atoms with Crippen LogP contribution in [0.15, 0.2) is 30.3 Å². The molecule has 2 heterocycles. The number of aliphatic hydroxyl groups is 1. The highest BCUT2D eigenvalue weighted by molar-refractivity contribution is 5.82. The molecule has 4 nitrogen and oxygen atoms in total. The zero-order valence-electron chi connectivity index (χ0n) is 12.4. The van der Waals surface area contributed by atoms with Crippen LogP contribution in [0.4, 0.5) is 0 Å². The van der Waals surface area contributed by atoms with Gasteiger partial charge in [0.2, 0.25) is 0 Å². The maximum Gasteiger partial charge on any atom is 0.256 e. The molecular weight excluding hydrogens is 264 g/mol. The second kappa shape index (κ2) is 6.58. The number of benzene rings is 1. The topological polar surface area (TPSA) is 52.6 Å². The molecule has 1 aromatic rings. The summed E-state index contributed by atoms with van der Waals surface area (Å²) in [5, 5.41) is 13.8. The summed E-state index contributed by atoms with van der Waals surface area (Å²) in [4.78, 5) is 14.2. The highest BCUT2D eigenvalue weighted by Gasteiger charge is 2.32. The molecule has 2 aliphatic rings. The smallest absolute Gasteiger partial charge is 0.256 e. The van der Waals surface area contributed by atoms with Crippen molar-refractivity contribution in [2.45, 2.75) is 37.8 Å². The van der Waals surface area contributed by atoms with Crippen molar-refractivity contribution in [2.75, 3.05) is 19.6 Å². The van der Waals surface area contributed by atoms with Crippen molar-refractivity contribution in [1.29, 1.82) is 0 Å². The Morgan fingerprint density at radius 2 is 1.90 bits per heavy atom. The molecule has 2 N–H and O–H groups in total. The van der Waals surface area contributed by atoms with E-state index in [-0.39, 0.29) is 5.91 Å². The van der Waals surface area contributed by atoms with Crippen LogP contribution in [-0.4, -0.2) is 41.6 Å². The molecule has 0 aliphatic carbocycles. The SMILES string of the molecule is O=C(C(O)c1ccccc1)N1CCC(C2CCCN2)CC1. The predicted octanol–water partition coefficient (Wildman–Crippen LogP) is 1.71. The summed E-state index contributed by atoms with van der Waals surface area (Å²) in [6.45, 7) is 2.67. The number of nitrogens with one attached hydrogen (secondary N) is 1. The number of nitrogens with zero attached hydrogens (tertiary/aromatic N) is 1. The van der Waals surface area contributed by atoms with E-state index in [9.17, 15) is 9.90 Å². The van der Waals surface area contributed by atoms with Gasteiger partial charge in [0.25, 0.3) is 5.91 Å². The summed E-state index contributed by atoms with van der Waals surface area (Å²) in [7, 11) is 0. The molecule has 2 unspecified atom stereocenters. The lowest BCUT2D eigenvalue weighted by atomic mass is 9.88. The van der Waals surface area contributed by atoms with Crippen molar-refractivity contribution in [2.24, 2.45) is 5.92 Å². The number of amides is 1.